The van der Waals surface area contributed by atoms with Crippen molar-refractivity contribution in [3.05, 3.63) is 24.3 Å². The Morgan fingerprint density at radius 2 is 2.12 bits per heavy atom. The first-order valence-electron chi connectivity index (χ1n) is 5.25. The second-order valence-electron chi connectivity index (χ2n) is 3.79. The Kier molecular flexibility index (Phi) is 5.19. The fraction of sp³-hybridized carbons (Fsp3) is 0.417. The van der Waals surface area contributed by atoms with E-state index in [1.165, 1.54) is 0 Å². The number of carbonyl (C=O) groups is 1. The van der Waals surface area contributed by atoms with Crippen LogP contribution in [-0.4, -0.2) is 18.9 Å². The average molecular weight is 239 g/mol. The van der Waals surface area contributed by atoms with Gasteiger partial charge in [-0.2, -0.15) is 0 Å². The summed E-state index contributed by atoms with van der Waals surface area (Å²) in [5.41, 5.74) is 0. The second kappa shape index (κ2) is 6.43. The molecule has 0 aromatic heterocycles. The lowest BCUT2D eigenvalue weighted by Crippen LogP contribution is -2.22. The van der Waals surface area contributed by atoms with Gasteiger partial charge in [0.05, 0.1) is 4.90 Å². The van der Waals surface area contributed by atoms with E-state index in [1.807, 2.05) is 18.2 Å². The lowest BCUT2D eigenvalue weighted by atomic mass is 10.3. The summed E-state index contributed by atoms with van der Waals surface area (Å²) in [6.45, 7) is 4.32. The molecule has 0 aliphatic carbocycles. The molecular formula is C12H17NO2S. The molecule has 1 aromatic carbocycles. The van der Waals surface area contributed by atoms with Crippen LogP contribution in [0.5, 0.6) is 5.75 Å². The van der Waals surface area contributed by atoms with Gasteiger partial charge in [-0.3, -0.25) is 0 Å². The minimum absolute atomic E-state index is 0.433. The smallest absolute Gasteiger partial charge is 0.409 e. The molecule has 0 spiro atoms. The van der Waals surface area contributed by atoms with Crippen molar-refractivity contribution >= 4 is 17.9 Å². The SMILES string of the molecule is CNC(=O)Oc1ccccc1SCC(C)C. The van der Waals surface area contributed by atoms with Gasteiger partial charge in [0, 0.05) is 12.8 Å². The number of para-hydroxylation sites is 1. The third kappa shape index (κ3) is 4.14. The van der Waals surface area contributed by atoms with E-state index in [9.17, 15) is 4.79 Å². The highest BCUT2D eigenvalue weighted by Gasteiger charge is 2.08. The van der Waals surface area contributed by atoms with Crippen molar-refractivity contribution in [3.8, 4) is 5.75 Å². The number of carbonyl (C=O) groups excluding carboxylic acids is 1. The molecule has 4 heteroatoms. The van der Waals surface area contributed by atoms with Crippen molar-refractivity contribution in [1.29, 1.82) is 0 Å². The molecule has 0 heterocycles. The fourth-order valence-electron chi connectivity index (χ4n) is 1.06. The van der Waals surface area contributed by atoms with Crippen LogP contribution in [0.1, 0.15) is 13.8 Å². The fourth-order valence-corrected chi connectivity index (χ4v) is 2.00. The second-order valence-corrected chi connectivity index (χ2v) is 4.85. The molecule has 1 N–H and O–H groups in total. The zero-order valence-corrected chi connectivity index (χ0v) is 10.6. The van der Waals surface area contributed by atoms with Gasteiger partial charge in [-0.15, -0.1) is 11.8 Å². The van der Waals surface area contributed by atoms with Crippen LogP contribution in [0.25, 0.3) is 0 Å². The van der Waals surface area contributed by atoms with E-state index in [4.69, 9.17) is 4.74 Å². The van der Waals surface area contributed by atoms with Crippen LogP contribution in [0.3, 0.4) is 0 Å². The Bertz CT molecular complexity index is 353. The summed E-state index contributed by atoms with van der Waals surface area (Å²) in [5.74, 6) is 2.24. The summed E-state index contributed by atoms with van der Waals surface area (Å²) in [7, 11) is 1.55. The topological polar surface area (TPSA) is 38.3 Å². The molecule has 0 aliphatic heterocycles. The van der Waals surface area contributed by atoms with Crippen molar-refractivity contribution < 1.29 is 9.53 Å². The maximum atomic E-state index is 11.1. The van der Waals surface area contributed by atoms with Crippen molar-refractivity contribution in [3.63, 3.8) is 0 Å². The first kappa shape index (κ1) is 12.9. The van der Waals surface area contributed by atoms with E-state index in [1.54, 1.807) is 24.9 Å². The molecule has 88 valence electrons. The van der Waals surface area contributed by atoms with Crippen LogP contribution >= 0.6 is 11.8 Å². The molecule has 3 nitrogen and oxygen atoms in total. The molecule has 1 rings (SSSR count). The number of hydrogen-bond acceptors (Lipinski definition) is 3. The Hall–Kier alpha value is -1.16. The maximum Gasteiger partial charge on any atom is 0.412 e. The number of thioether (sulfide) groups is 1. The first-order chi connectivity index (χ1) is 7.63. The standard InChI is InChI=1S/C12H17NO2S/c1-9(2)8-16-11-7-5-4-6-10(11)15-12(14)13-3/h4-7,9H,8H2,1-3H3,(H,13,14). The molecule has 1 aromatic rings. The van der Waals surface area contributed by atoms with Gasteiger partial charge in [0.2, 0.25) is 0 Å². The van der Waals surface area contributed by atoms with Gasteiger partial charge in [-0.05, 0) is 18.1 Å². The summed E-state index contributed by atoms with van der Waals surface area (Å²) in [4.78, 5) is 12.1. The highest BCUT2D eigenvalue weighted by molar-refractivity contribution is 7.99. The van der Waals surface area contributed by atoms with Crippen LogP contribution in [-0.2, 0) is 0 Å². The van der Waals surface area contributed by atoms with E-state index in [-0.39, 0.29) is 0 Å². The van der Waals surface area contributed by atoms with Crippen LogP contribution in [0, 0.1) is 5.92 Å². The maximum absolute atomic E-state index is 11.1. The molecule has 0 bridgehead atoms. The molecule has 0 radical (unpaired) electrons. The molecule has 0 unspecified atom stereocenters. The van der Waals surface area contributed by atoms with E-state index in [2.05, 4.69) is 19.2 Å². The minimum Gasteiger partial charge on any atom is -0.409 e. The quantitative estimate of drug-likeness (QED) is 0.820. The Balaban J connectivity index is 2.71. The first-order valence-corrected chi connectivity index (χ1v) is 6.23. The van der Waals surface area contributed by atoms with Gasteiger partial charge in [-0.1, -0.05) is 26.0 Å². The van der Waals surface area contributed by atoms with Crippen molar-refractivity contribution in [2.24, 2.45) is 5.92 Å². The van der Waals surface area contributed by atoms with Gasteiger partial charge in [0.1, 0.15) is 5.75 Å². The predicted molar refractivity (Wildman–Crippen MR) is 67.1 cm³/mol. The van der Waals surface area contributed by atoms with Crippen molar-refractivity contribution in [2.45, 2.75) is 18.7 Å². The molecule has 0 saturated carbocycles. The highest BCUT2D eigenvalue weighted by atomic mass is 32.2. The van der Waals surface area contributed by atoms with E-state index < -0.39 is 6.09 Å². The average Bonchev–Trinajstić information content (AvgIpc) is 2.27. The van der Waals surface area contributed by atoms with Crippen molar-refractivity contribution in [1.82, 2.24) is 5.32 Å². The summed E-state index contributed by atoms with van der Waals surface area (Å²) in [6, 6.07) is 7.57. The number of rotatable bonds is 4. The third-order valence-corrected chi connectivity index (χ3v) is 3.31. The number of ether oxygens (including phenoxy) is 1. The Morgan fingerprint density at radius 3 is 2.75 bits per heavy atom. The van der Waals surface area contributed by atoms with Crippen LogP contribution in [0.4, 0.5) is 4.79 Å². The van der Waals surface area contributed by atoms with Gasteiger partial charge >= 0.3 is 6.09 Å². The molecule has 1 amide bonds. The molecule has 16 heavy (non-hydrogen) atoms. The minimum atomic E-state index is -0.433. The highest BCUT2D eigenvalue weighted by Crippen LogP contribution is 2.30. The van der Waals surface area contributed by atoms with Gasteiger partial charge in [-0.25, -0.2) is 4.79 Å². The predicted octanol–water partition coefficient (Wildman–Crippen LogP) is 3.15. The molecule has 0 saturated heterocycles. The zero-order chi connectivity index (χ0) is 12.0. The number of amides is 1. The van der Waals surface area contributed by atoms with Gasteiger partial charge in [0.15, 0.2) is 0 Å². The van der Waals surface area contributed by atoms with E-state index in [0.717, 1.165) is 10.6 Å². The molecule has 0 fully saturated rings. The lowest BCUT2D eigenvalue weighted by Gasteiger charge is -2.10. The van der Waals surface area contributed by atoms with Crippen LogP contribution in [0.15, 0.2) is 29.2 Å². The van der Waals surface area contributed by atoms with Crippen LogP contribution < -0.4 is 10.1 Å². The largest absolute Gasteiger partial charge is 0.412 e. The van der Waals surface area contributed by atoms with E-state index in [0.29, 0.717) is 11.7 Å². The molecule has 0 aliphatic rings. The third-order valence-electron chi connectivity index (χ3n) is 1.83. The van der Waals surface area contributed by atoms with Crippen LogP contribution in [0.2, 0.25) is 0 Å². The lowest BCUT2D eigenvalue weighted by molar-refractivity contribution is 0.202. The van der Waals surface area contributed by atoms with E-state index >= 15 is 0 Å². The molecular weight excluding hydrogens is 222 g/mol. The summed E-state index contributed by atoms with van der Waals surface area (Å²) < 4.78 is 5.16. The van der Waals surface area contributed by atoms with Gasteiger partial charge in [0.25, 0.3) is 0 Å². The number of nitrogens with one attached hydrogen (secondary N) is 1. The normalized spacial score (nSPS) is 10.2. The summed E-state index contributed by atoms with van der Waals surface area (Å²) >= 11 is 1.70. The number of hydrogen-bond donors (Lipinski definition) is 1. The zero-order valence-electron chi connectivity index (χ0n) is 9.82. The Morgan fingerprint density at radius 1 is 1.44 bits per heavy atom. The number of benzene rings is 1. The summed E-state index contributed by atoms with van der Waals surface area (Å²) in [5, 5.41) is 2.44. The van der Waals surface area contributed by atoms with Gasteiger partial charge < -0.3 is 10.1 Å². The Labute approximate surface area is 101 Å². The van der Waals surface area contributed by atoms with Crippen molar-refractivity contribution in [2.75, 3.05) is 12.8 Å². The molecule has 0 atom stereocenters. The monoisotopic (exact) mass is 239 g/mol. The summed E-state index contributed by atoms with van der Waals surface area (Å²) in [6.07, 6.45) is -0.433.